The Bertz CT molecular complexity index is 625. The second-order valence-electron chi connectivity index (χ2n) is 6.32. The smallest absolute Gasteiger partial charge is 0.235 e. The number of carbonyl (C=O) groups is 1. The Morgan fingerprint density at radius 2 is 1.83 bits per heavy atom. The molecule has 0 radical (unpaired) electrons. The molecule has 1 heterocycles. The molecule has 7 heteroatoms. The number of nitrogens with zero attached hydrogens (tertiary/aromatic N) is 1. The van der Waals surface area contributed by atoms with Crippen LogP contribution in [0.2, 0.25) is 5.02 Å². The predicted molar refractivity (Wildman–Crippen MR) is 96.3 cm³/mol. The van der Waals surface area contributed by atoms with Crippen molar-refractivity contribution in [3.63, 3.8) is 0 Å². The number of amides is 1. The Labute approximate surface area is 150 Å². The summed E-state index contributed by atoms with van der Waals surface area (Å²) in [5.41, 5.74) is 0.774. The van der Waals surface area contributed by atoms with E-state index in [9.17, 15) is 9.00 Å². The molecule has 1 aromatic rings. The lowest BCUT2D eigenvalue weighted by molar-refractivity contribution is -0.131. The summed E-state index contributed by atoms with van der Waals surface area (Å²) in [6.45, 7) is 8.77. The molecule has 0 saturated heterocycles. The molecular weight excluding hydrogens is 350 g/mol. The molecule has 2 rings (SSSR count). The minimum absolute atomic E-state index is 0.00240. The third-order valence-electron chi connectivity index (χ3n) is 3.67. The SMILES string of the molecule is CC(C)N(C(=O)CS(=O)Cc1cc(Cl)c2c(c1)OCCO2)C(C)C. The molecule has 1 aliphatic rings. The van der Waals surface area contributed by atoms with E-state index < -0.39 is 10.8 Å². The molecule has 134 valence electrons. The maximum atomic E-state index is 12.4. The maximum absolute atomic E-state index is 12.4. The molecule has 0 bridgehead atoms. The van der Waals surface area contributed by atoms with Crippen LogP contribution in [-0.4, -0.2) is 46.1 Å². The number of halogens is 1. The molecule has 1 amide bonds. The van der Waals surface area contributed by atoms with Crippen molar-refractivity contribution < 1.29 is 18.5 Å². The Morgan fingerprint density at radius 3 is 2.46 bits per heavy atom. The molecule has 0 N–H and O–H groups in total. The first-order valence-corrected chi connectivity index (χ1v) is 9.90. The van der Waals surface area contributed by atoms with Gasteiger partial charge < -0.3 is 14.4 Å². The van der Waals surface area contributed by atoms with E-state index in [1.807, 2.05) is 27.7 Å². The zero-order chi connectivity index (χ0) is 17.9. The van der Waals surface area contributed by atoms with Gasteiger partial charge >= 0.3 is 0 Å². The number of hydrogen-bond donors (Lipinski definition) is 0. The molecule has 0 spiro atoms. The molecule has 0 aromatic heterocycles. The van der Waals surface area contributed by atoms with E-state index in [1.54, 1.807) is 17.0 Å². The largest absolute Gasteiger partial charge is 0.486 e. The lowest BCUT2D eigenvalue weighted by Crippen LogP contribution is -2.44. The van der Waals surface area contributed by atoms with Gasteiger partial charge in [-0.15, -0.1) is 0 Å². The van der Waals surface area contributed by atoms with E-state index in [0.29, 0.717) is 29.7 Å². The van der Waals surface area contributed by atoms with Crippen molar-refractivity contribution in [2.75, 3.05) is 19.0 Å². The van der Waals surface area contributed by atoms with Crippen LogP contribution in [-0.2, 0) is 21.3 Å². The second kappa shape index (κ2) is 8.21. The van der Waals surface area contributed by atoms with Gasteiger partial charge in [0.2, 0.25) is 5.91 Å². The zero-order valence-electron chi connectivity index (χ0n) is 14.5. The lowest BCUT2D eigenvalue weighted by atomic mass is 10.2. The van der Waals surface area contributed by atoms with Crippen LogP contribution in [0.5, 0.6) is 11.5 Å². The summed E-state index contributed by atoms with van der Waals surface area (Å²) >= 11 is 6.19. The van der Waals surface area contributed by atoms with E-state index >= 15 is 0 Å². The first-order valence-electron chi connectivity index (χ1n) is 8.03. The molecule has 5 nitrogen and oxygen atoms in total. The molecule has 24 heavy (non-hydrogen) atoms. The van der Waals surface area contributed by atoms with Gasteiger partial charge in [-0.2, -0.15) is 0 Å². The number of carbonyl (C=O) groups excluding carboxylic acids is 1. The summed E-state index contributed by atoms with van der Waals surface area (Å²) in [5, 5.41) is 0.441. The van der Waals surface area contributed by atoms with E-state index in [-0.39, 0.29) is 29.5 Å². The maximum Gasteiger partial charge on any atom is 0.235 e. The van der Waals surface area contributed by atoms with Crippen LogP contribution in [0, 0.1) is 0 Å². The van der Waals surface area contributed by atoms with Crippen LogP contribution in [0.1, 0.15) is 33.3 Å². The molecule has 1 aliphatic heterocycles. The van der Waals surface area contributed by atoms with Crippen LogP contribution >= 0.6 is 11.6 Å². The highest BCUT2D eigenvalue weighted by molar-refractivity contribution is 7.84. The summed E-state index contributed by atoms with van der Waals surface area (Å²) in [4.78, 5) is 14.1. The van der Waals surface area contributed by atoms with Crippen molar-refractivity contribution in [1.29, 1.82) is 0 Å². The van der Waals surface area contributed by atoms with Gasteiger partial charge in [-0.3, -0.25) is 9.00 Å². The van der Waals surface area contributed by atoms with Gasteiger partial charge in [0.15, 0.2) is 11.5 Å². The topological polar surface area (TPSA) is 55.8 Å². The molecule has 0 saturated carbocycles. The zero-order valence-corrected chi connectivity index (χ0v) is 16.1. The fourth-order valence-corrected chi connectivity index (χ4v) is 4.22. The lowest BCUT2D eigenvalue weighted by Gasteiger charge is -2.30. The highest BCUT2D eigenvalue weighted by Gasteiger charge is 2.23. The fourth-order valence-electron chi connectivity index (χ4n) is 2.87. The number of hydrogen-bond acceptors (Lipinski definition) is 4. The highest BCUT2D eigenvalue weighted by atomic mass is 35.5. The first-order chi connectivity index (χ1) is 11.3. The minimum Gasteiger partial charge on any atom is -0.486 e. The average Bonchev–Trinajstić information content (AvgIpc) is 2.46. The molecule has 1 unspecified atom stereocenters. The molecule has 0 fully saturated rings. The van der Waals surface area contributed by atoms with Crippen LogP contribution in [0.3, 0.4) is 0 Å². The fraction of sp³-hybridized carbons (Fsp3) is 0.588. The molecular formula is C17H24ClNO4S. The first kappa shape index (κ1) is 19.1. The number of benzene rings is 1. The standard InChI is InChI=1S/C17H24ClNO4S/c1-11(2)19(12(3)4)16(20)10-24(21)9-13-7-14(18)17-15(8-13)22-5-6-23-17/h7-8,11-12H,5-6,9-10H2,1-4H3. The van der Waals surface area contributed by atoms with Gasteiger partial charge in [0.25, 0.3) is 0 Å². The van der Waals surface area contributed by atoms with E-state index in [4.69, 9.17) is 21.1 Å². The summed E-state index contributed by atoms with van der Waals surface area (Å²) in [6, 6.07) is 3.67. The average molecular weight is 374 g/mol. The molecule has 1 atom stereocenters. The predicted octanol–water partition coefficient (Wildman–Crippen LogP) is 3.01. The summed E-state index contributed by atoms with van der Waals surface area (Å²) < 4.78 is 23.4. The number of rotatable bonds is 6. The van der Waals surface area contributed by atoms with Gasteiger partial charge in [0, 0.05) is 28.6 Å². The van der Waals surface area contributed by atoms with Crippen LogP contribution in [0.4, 0.5) is 0 Å². The van der Waals surface area contributed by atoms with E-state index in [2.05, 4.69) is 0 Å². The van der Waals surface area contributed by atoms with Crippen LogP contribution < -0.4 is 9.47 Å². The van der Waals surface area contributed by atoms with E-state index in [1.165, 1.54) is 0 Å². The van der Waals surface area contributed by atoms with Gasteiger partial charge in [0.1, 0.15) is 19.0 Å². The highest BCUT2D eigenvalue weighted by Crippen LogP contribution is 2.38. The van der Waals surface area contributed by atoms with Gasteiger partial charge in [-0.05, 0) is 45.4 Å². The Balaban J connectivity index is 2.05. The third kappa shape index (κ3) is 4.63. The summed E-state index contributed by atoms with van der Waals surface area (Å²) in [7, 11) is -1.31. The van der Waals surface area contributed by atoms with Crippen molar-refractivity contribution >= 4 is 28.3 Å². The van der Waals surface area contributed by atoms with Crippen molar-refractivity contribution in [1.82, 2.24) is 4.90 Å². The van der Waals surface area contributed by atoms with E-state index in [0.717, 1.165) is 5.56 Å². The monoisotopic (exact) mass is 373 g/mol. The van der Waals surface area contributed by atoms with Gasteiger partial charge in [-0.1, -0.05) is 11.6 Å². The van der Waals surface area contributed by atoms with Crippen LogP contribution in [0.15, 0.2) is 12.1 Å². The summed E-state index contributed by atoms with van der Waals surface area (Å²) in [6.07, 6.45) is 0. The normalized spacial score (nSPS) is 14.8. The van der Waals surface area contributed by atoms with Crippen molar-refractivity contribution in [3.05, 3.63) is 22.7 Å². The minimum atomic E-state index is -1.31. The third-order valence-corrected chi connectivity index (χ3v) is 5.17. The van der Waals surface area contributed by atoms with Crippen molar-refractivity contribution in [2.45, 2.75) is 45.5 Å². The summed E-state index contributed by atoms with van der Waals surface area (Å²) in [5.74, 6) is 1.26. The van der Waals surface area contributed by atoms with Crippen molar-refractivity contribution in [2.24, 2.45) is 0 Å². The van der Waals surface area contributed by atoms with Gasteiger partial charge in [-0.25, -0.2) is 0 Å². The quantitative estimate of drug-likeness (QED) is 0.769. The van der Waals surface area contributed by atoms with Crippen LogP contribution in [0.25, 0.3) is 0 Å². The number of ether oxygens (including phenoxy) is 2. The number of fused-ring (bicyclic) bond motifs is 1. The second-order valence-corrected chi connectivity index (χ2v) is 8.18. The molecule has 1 aromatic carbocycles. The van der Waals surface area contributed by atoms with Crippen molar-refractivity contribution in [3.8, 4) is 11.5 Å². The Morgan fingerprint density at radius 1 is 1.21 bits per heavy atom. The Hall–Kier alpha value is -1.27. The molecule has 0 aliphatic carbocycles. The van der Waals surface area contributed by atoms with Gasteiger partial charge in [0.05, 0.1) is 5.02 Å². The Kier molecular flexibility index (Phi) is 6.52.